The van der Waals surface area contributed by atoms with Gasteiger partial charge in [-0.15, -0.1) is 0 Å². The van der Waals surface area contributed by atoms with Crippen LogP contribution in [0.2, 0.25) is 0 Å². The molecule has 0 unspecified atom stereocenters. The van der Waals surface area contributed by atoms with Crippen molar-refractivity contribution in [3.05, 3.63) is 59.9 Å². The molecule has 0 aliphatic carbocycles. The van der Waals surface area contributed by atoms with Gasteiger partial charge in [-0.1, -0.05) is 25.1 Å². The second-order valence-electron chi connectivity index (χ2n) is 6.77. The van der Waals surface area contributed by atoms with Crippen molar-refractivity contribution in [3.8, 4) is 0 Å². The highest BCUT2D eigenvalue weighted by Gasteiger charge is 2.24. The lowest BCUT2D eigenvalue weighted by atomic mass is 10.2. The number of hydrogen-bond acceptors (Lipinski definition) is 6. The number of para-hydroxylation sites is 2. The van der Waals surface area contributed by atoms with Crippen LogP contribution in [0, 0.1) is 0 Å². The lowest BCUT2D eigenvalue weighted by molar-refractivity contribution is 0.0941. The first kappa shape index (κ1) is 18.5. The molecule has 29 heavy (non-hydrogen) atoms. The first-order chi connectivity index (χ1) is 14.1. The van der Waals surface area contributed by atoms with Crippen LogP contribution >= 0.6 is 0 Å². The van der Waals surface area contributed by atoms with Gasteiger partial charge in [-0.2, -0.15) is 9.78 Å². The van der Waals surface area contributed by atoms with E-state index in [1.54, 1.807) is 18.6 Å². The van der Waals surface area contributed by atoms with Gasteiger partial charge >= 0.3 is 0 Å². The molecule has 0 aliphatic rings. The number of hydrogen-bond donors (Lipinski definition) is 2. The van der Waals surface area contributed by atoms with Gasteiger partial charge in [0.15, 0.2) is 5.65 Å². The summed E-state index contributed by atoms with van der Waals surface area (Å²) in [4.78, 5) is 26.3. The molecule has 8 nitrogen and oxygen atoms in total. The molecule has 0 radical (unpaired) electrons. The van der Waals surface area contributed by atoms with Crippen molar-refractivity contribution in [2.75, 3.05) is 5.73 Å². The van der Waals surface area contributed by atoms with E-state index in [9.17, 15) is 4.79 Å². The summed E-state index contributed by atoms with van der Waals surface area (Å²) in [6, 6.07) is 11.2. The highest BCUT2D eigenvalue weighted by molar-refractivity contribution is 6.10. The molecule has 3 heterocycles. The summed E-state index contributed by atoms with van der Waals surface area (Å²) in [6.07, 6.45) is 5.79. The monoisotopic (exact) mass is 387 g/mol. The molecule has 3 N–H and O–H groups in total. The molecule has 1 amide bonds. The second-order valence-corrected chi connectivity index (χ2v) is 6.77. The zero-order valence-corrected chi connectivity index (χ0v) is 16.2. The first-order valence-electron chi connectivity index (χ1n) is 9.40. The van der Waals surface area contributed by atoms with Crippen LogP contribution in [0.25, 0.3) is 22.2 Å². The SMILES string of the molecule is CC[C@@H](C)NC(=O)c1c(N)n(/N=C\c2cccnc2)c2nc3ccccc3nc12. The van der Waals surface area contributed by atoms with E-state index in [4.69, 9.17) is 5.73 Å². The van der Waals surface area contributed by atoms with Gasteiger partial charge in [-0.25, -0.2) is 9.97 Å². The Balaban J connectivity index is 1.92. The van der Waals surface area contributed by atoms with E-state index >= 15 is 0 Å². The summed E-state index contributed by atoms with van der Waals surface area (Å²) in [5.41, 5.74) is 9.67. The number of anilines is 1. The summed E-state index contributed by atoms with van der Waals surface area (Å²) < 4.78 is 1.45. The summed E-state index contributed by atoms with van der Waals surface area (Å²) in [5.74, 6) is -0.0991. The summed E-state index contributed by atoms with van der Waals surface area (Å²) >= 11 is 0. The number of rotatable bonds is 5. The van der Waals surface area contributed by atoms with E-state index in [1.807, 2.05) is 50.2 Å². The topological polar surface area (TPSA) is 111 Å². The molecule has 0 spiro atoms. The van der Waals surface area contributed by atoms with Crippen LogP contribution in [0.4, 0.5) is 5.82 Å². The number of aromatic nitrogens is 4. The summed E-state index contributed by atoms with van der Waals surface area (Å²) in [7, 11) is 0. The number of benzene rings is 1. The first-order valence-corrected chi connectivity index (χ1v) is 9.40. The molecule has 0 bridgehead atoms. The van der Waals surface area contributed by atoms with Gasteiger partial charge in [0.25, 0.3) is 5.91 Å². The largest absolute Gasteiger partial charge is 0.383 e. The van der Waals surface area contributed by atoms with Crippen molar-refractivity contribution in [1.82, 2.24) is 24.9 Å². The zero-order valence-electron chi connectivity index (χ0n) is 16.2. The number of amides is 1. The Bertz CT molecular complexity index is 1210. The molecule has 0 fully saturated rings. The molecule has 4 rings (SSSR count). The third-order valence-electron chi connectivity index (χ3n) is 4.70. The molecule has 0 saturated heterocycles. The Hall–Kier alpha value is -3.81. The summed E-state index contributed by atoms with van der Waals surface area (Å²) in [6.45, 7) is 3.94. The molecule has 8 heteroatoms. The Morgan fingerprint density at radius 1 is 1.24 bits per heavy atom. The normalized spacial score (nSPS) is 12.6. The quantitative estimate of drug-likeness (QED) is 0.512. The molecular formula is C21H21N7O. The highest BCUT2D eigenvalue weighted by atomic mass is 16.1. The summed E-state index contributed by atoms with van der Waals surface area (Å²) in [5, 5.41) is 7.41. The van der Waals surface area contributed by atoms with Crippen molar-refractivity contribution in [1.29, 1.82) is 0 Å². The van der Waals surface area contributed by atoms with Gasteiger partial charge in [0.05, 0.1) is 17.2 Å². The van der Waals surface area contributed by atoms with Crippen LogP contribution in [0.1, 0.15) is 36.2 Å². The van der Waals surface area contributed by atoms with Gasteiger partial charge in [-0.3, -0.25) is 9.78 Å². The maximum atomic E-state index is 12.9. The molecule has 4 aromatic rings. The van der Waals surface area contributed by atoms with Crippen LogP contribution in [0.3, 0.4) is 0 Å². The number of nitrogens with zero attached hydrogens (tertiary/aromatic N) is 5. The maximum absolute atomic E-state index is 12.9. The van der Waals surface area contributed by atoms with Crippen LogP contribution < -0.4 is 11.1 Å². The minimum Gasteiger partial charge on any atom is -0.383 e. The minimum atomic E-state index is -0.290. The number of fused-ring (bicyclic) bond motifs is 2. The number of nitrogens with one attached hydrogen (secondary N) is 1. The van der Waals surface area contributed by atoms with Gasteiger partial charge in [0.2, 0.25) is 0 Å². The molecule has 3 aromatic heterocycles. The lowest BCUT2D eigenvalue weighted by Crippen LogP contribution is -2.32. The zero-order chi connectivity index (χ0) is 20.4. The standard InChI is InChI=1S/C21H21N7O/c1-3-13(2)25-21(29)17-18-20(27-16-9-5-4-8-15(16)26-18)28(19(17)22)24-12-14-7-6-10-23-11-14/h4-13H,3,22H2,1-2H3,(H,25,29)/b24-12-/t13-/m1/s1. The molecule has 146 valence electrons. The second kappa shape index (κ2) is 7.67. The third kappa shape index (κ3) is 3.52. The number of pyridine rings is 1. The van der Waals surface area contributed by atoms with Crippen LogP contribution in [-0.4, -0.2) is 37.8 Å². The predicted octanol–water partition coefficient (Wildman–Crippen LogP) is 2.97. The molecule has 1 atom stereocenters. The van der Waals surface area contributed by atoms with Crippen molar-refractivity contribution >= 4 is 40.1 Å². The van der Waals surface area contributed by atoms with Crippen molar-refractivity contribution in [2.24, 2.45) is 5.10 Å². The van der Waals surface area contributed by atoms with Crippen molar-refractivity contribution in [2.45, 2.75) is 26.3 Å². The van der Waals surface area contributed by atoms with Crippen molar-refractivity contribution < 1.29 is 4.79 Å². The van der Waals surface area contributed by atoms with Crippen LogP contribution in [-0.2, 0) is 0 Å². The molecule has 1 aromatic carbocycles. The smallest absolute Gasteiger partial charge is 0.257 e. The van der Waals surface area contributed by atoms with E-state index in [1.165, 1.54) is 4.68 Å². The van der Waals surface area contributed by atoms with Gasteiger partial charge in [0.1, 0.15) is 16.9 Å². The third-order valence-corrected chi connectivity index (χ3v) is 4.70. The minimum absolute atomic E-state index is 0.00705. The van der Waals surface area contributed by atoms with E-state index in [2.05, 4.69) is 25.4 Å². The Kier molecular flexibility index (Phi) is 4.90. The molecular weight excluding hydrogens is 366 g/mol. The fraction of sp³-hybridized carbons (Fsp3) is 0.190. The fourth-order valence-corrected chi connectivity index (χ4v) is 2.96. The van der Waals surface area contributed by atoms with Crippen LogP contribution in [0.5, 0.6) is 0 Å². The van der Waals surface area contributed by atoms with Crippen LogP contribution in [0.15, 0.2) is 53.9 Å². The number of carbonyl (C=O) groups excluding carboxylic acids is 1. The number of carbonyl (C=O) groups is 1. The number of nitrogens with two attached hydrogens (primary N) is 1. The van der Waals surface area contributed by atoms with E-state index in [0.29, 0.717) is 22.2 Å². The Labute approximate surface area is 167 Å². The molecule has 0 aliphatic heterocycles. The van der Waals surface area contributed by atoms with Crippen molar-refractivity contribution in [3.63, 3.8) is 0 Å². The van der Waals surface area contributed by atoms with Gasteiger partial charge in [0, 0.05) is 24.0 Å². The Morgan fingerprint density at radius 3 is 2.69 bits per heavy atom. The van der Waals surface area contributed by atoms with E-state index < -0.39 is 0 Å². The highest BCUT2D eigenvalue weighted by Crippen LogP contribution is 2.28. The van der Waals surface area contributed by atoms with Gasteiger partial charge < -0.3 is 11.1 Å². The lowest BCUT2D eigenvalue weighted by Gasteiger charge is -2.11. The average Bonchev–Trinajstić information content (AvgIpc) is 3.01. The van der Waals surface area contributed by atoms with E-state index in [-0.39, 0.29) is 23.3 Å². The maximum Gasteiger partial charge on any atom is 0.257 e. The predicted molar refractivity (Wildman–Crippen MR) is 114 cm³/mol. The number of nitrogen functional groups attached to an aromatic ring is 1. The van der Waals surface area contributed by atoms with E-state index in [0.717, 1.165) is 12.0 Å². The van der Waals surface area contributed by atoms with Gasteiger partial charge in [-0.05, 0) is 31.5 Å². The molecule has 0 saturated carbocycles. The fourth-order valence-electron chi connectivity index (χ4n) is 2.96. The average molecular weight is 387 g/mol. The Morgan fingerprint density at radius 2 is 2.00 bits per heavy atom.